The van der Waals surface area contributed by atoms with Crippen molar-refractivity contribution in [2.24, 2.45) is 7.05 Å². The number of anilines is 1. The summed E-state index contributed by atoms with van der Waals surface area (Å²) in [7, 11) is 5.70. The first kappa shape index (κ1) is 18.0. The van der Waals surface area contributed by atoms with Crippen LogP contribution in [0.1, 0.15) is 32.1 Å². The van der Waals surface area contributed by atoms with Crippen LogP contribution in [0, 0.1) is 0 Å². The summed E-state index contributed by atoms with van der Waals surface area (Å²) in [5.74, 6) is -1.15. The lowest BCUT2D eigenvalue weighted by Gasteiger charge is -2.28. The molecule has 0 bridgehead atoms. The van der Waals surface area contributed by atoms with Gasteiger partial charge >= 0.3 is 5.97 Å². The molecule has 1 N–H and O–H groups in total. The van der Waals surface area contributed by atoms with Gasteiger partial charge < -0.3 is 14.9 Å². The van der Waals surface area contributed by atoms with Crippen molar-refractivity contribution in [1.29, 1.82) is 0 Å². The van der Waals surface area contributed by atoms with E-state index < -0.39 is 5.97 Å². The summed E-state index contributed by atoms with van der Waals surface area (Å²) >= 11 is 0. The molecule has 1 aliphatic heterocycles. The molecule has 7 nitrogen and oxygen atoms in total. The van der Waals surface area contributed by atoms with Crippen LogP contribution < -0.4 is 4.90 Å². The van der Waals surface area contributed by atoms with Gasteiger partial charge in [-0.1, -0.05) is 24.3 Å². The molecule has 0 atom stereocenters. The summed E-state index contributed by atoms with van der Waals surface area (Å²) in [6, 6.07) is 11.7. The Balaban J connectivity index is 1.74. The maximum absolute atomic E-state index is 13.3. The maximum atomic E-state index is 13.3. The number of carbonyl (C=O) groups excluding carboxylic acids is 1. The van der Waals surface area contributed by atoms with E-state index in [1.807, 2.05) is 55.4 Å². The summed E-state index contributed by atoms with van der Waals surface area (Å²) in [5, 5.41) is 15.5. The molecular weight excluding hydrogens is 356 g/mol. The smallest absolute Gasteiger partial charge is 0.356 e. The highest BCUT2D eigenvalue weighted by atomic mass is 16.4. The molecule has 0 radical (unpaired) electrons. The van der Waals surface area contributed by atoms with E-state index in [1.165, 1.54) is 0 Å². The van der Waals surface area contributed by atoms with Crippen LogP contribution in [0.25, 0.3) is 10.8 Å². The largest absolute Gasteiger partial charge is 0.476 e. The molecule has 1 aromatic heterocycles. The lowest BCUT2D eigenvalue weighted by Crippen LogP contribution is -2.36. The third-order valence-corrected chi connectivity index (χ3v) is 5.35. The van der Waals surface area contributed by atoms with Gasteiger partial charge in [-0.15, -0.1) is 0 Å². The SMILES string of the molecule is CN(C)c1ccc(C(=O)N2CCc3c(c(C(=O)O)nn3C)C2)c2ccccc12. The Bertz CT molecular complexity index is 1100. The first-order chi connectivity index (χ1) is 13.4. The van der Waals surface area contributed by atoms with Gasteiger partial charge in [-0.05, 0) is 17.5 Å². The number of amides is 1. The van der Waals surface area contributed by atoms with E-state index in [1.54, 1.807) is 16.6 Å². The molecule has 0 saturated carbocycles. The van der Waals surface area contributed by atoms with E-state index in [-0.39, 0.29) is 18.1 Å². The van der Waals surface area contributed by atoms with Gasteiger partial charge in [0.1, 0.15) is 0 Å². The van der Waals surface area contributed by atoms with Crippen molar-refractivity contribution in [2.45, 2.75) is 13.0 Å². The molecule has 7 heteroatoms. The fourth-order valence-corrected chi connectivity index (χ4v) is 3.97. The minimum Gasteiger partial charge on any atom is -0.476 e. The zero-order chi connectivity index (χ0) is 20.0. The van der Waals surface area contributed by atoms with Crippen molar-refractivity contribution in [2.75, 3.05) is 25.5 Å². The van der Waals surface area contributed by atoms with Gasteiger partial charge in [0.2, 0.25) is 0 Å². The molecule has 0 fully saturated rings. The Morgan fingerprint density at radius 2 is 1.82 bits per heavy atom. The molecule has 0 saturated heterocycles. The van der Waals surface area contributed by atoms with Crippen molar-refractivity contribution in [1.82, 2.24) is 14.7 Å². The van der Waals surface area contributed by atoms with Crippen molar-refractivity contribution >= 4 is 28.3 Å². The predicted octanol–water partition coefficient (Wildman–Crippen LogP) is 2.54. The highest BCUT2D eigenvalue weighted by Gasteiger charge is 2.30. The molecule has 28 heavy (non-hydrogen) atoms. The van der Waals surface area contributed by atoms with Gasteiger partial charge in [0.15, 0.2) is 5.69 Å². The molecule has 144 valence electrons. The standard InChI is InChI=1S/C21H22N4O3/c1-23(2)17-9-8-15(13-6-4-5-7-14(13)17)20(26)25-11-10-18-16(12-25)19(21(27)28)22-24(18)3/h4-9H,10-12H2,1-3H3,(H,27,28). The number of nitrogens with zero attached hydrogens (tertiary/aromatic N) is 4. The molecule has 3 aromatic rings. The van der Waals surface area contributed by atoms with Gasteiger partial charge in [0.25, 0.3) is 5.91 Å². The molecule has 2 aromatic carbocycles. The Morgan fingerprint density at radius 3 is 2.50 bits per heavy atom. The van der Waals surface area contributed by atoms with Gasteiger partial charge in [-0.2, -0.15) is 5.10 Å². The Labute approximate surface area is 162 Å². The minimum atomic E-state index is -1.06. The lowest BCUT2D eigenvalue weighted by molar-refractivity contribution is 0.0674. The zero-order valence-corrected chi connectivity index (χ0v) is 16.1. The molecule has 0 aliphatic carbocycles. The van der Waals surface area contributed by atoms with Crippen LogP contribution in [-0.2, 0) is 20.0 Å². The summed E-state index contributed by atoms with van der Waals surface area (Å²) in [4.78, 5) is 28.6. The van der Waals surface area contributed by atoms with E-state index in [0.29, 0.717) is 24.1 Å². The van der Waals surface area contributed by atoms with Crippen molar-refractivity contribution < 1.29 is 14.7 Å². The topological polar surface area (TPSA) is 78.7 Å². The molecule has 1 aliphatic rings. The second-order valence-corrected chi connectivity index (χ2v) is 7.25. The number of aromatic nitrogens is 2. The zero-order valence-electron chi connectivity index (χ0n) is 16.1. The number of hydrogen-bond donors (Lipinski definition) is 1. The molecule has 4 rings (SSSR count). The summed E-state index contributed by atoms with van der Waals surface area (Å²) in [6.07, 6.45) is 0.589. The van der Waals surface area contributed by atoms with Gasteiger partial charge in [-0.25, -0.2) is 4.79 Å². The second-order valence-electron chi connectivity index (χ2n) is 7.25. The Morgan fingerprint density at radius 1 is 1.11 bits per heavy atom. The van der Waals surface area contributed by atoms with Gasteiger partial charge in [0.05, 0.1) is 6.54 Å². The van der Waals surface area contributed by atoms with Crippen LogP contribution in [0.3, 0.4) is 0 Å². The second kappa shape index (κ2) is 6.67. The van der Waals surface area contributed by atoms with Crippen LogP contribution in [-0.4, -0.2) is 52.3 Å². The number of aromatic carboxylic acids is 1. The number of benzene rings is 2. The van der Waals surface area contributed by atoms with E-state index in [4.69, 9.17) is 0 Å². The summed E-state index contributed by atoms with van der Waals surface area (Å²) in [5.41, 5.74) is 3.22. The lowest BCUT2D eigenvalue weighted by atomic mass is 9.99. The van der Waals surface area contributed by atoms with E-state index >= 15 is 0 Å². The van der Waals surface area contributed by atoms with E-state index in [0.717, 1.165) is 22.2 Å². The molecular formula is C21H22N4O3. The number of carboxylic acid groups (broad SMARTS) is 1. The third-order valence-electron chi connectivity index (χ3n) is 5.35. The summed E-state index contributed by atoms with van der Waals surface area (Å²) in [6.45, 7) is 0.793. The van der Waals surface area contributed by atoms with Crippen LogP contribution in [0.5, 0.6) is 0 Å². The quantitative estimate of drug-likeness (QED) is 0.758. The van der Waals surface area contributed by atoms with Gasteiger partial charge in [0, 0.05) is 62.0 Å². The number of carboxylic acids is 1. The van der Waals surface area contributed by atoms with Gasteiger partial charge in [-0.3, -0.25) is 9.48 Å². The highest BCUT2D eigenvalue weighted by molar-refractivity contribution is 6.10. The summed E-state index contributed by atoms with van der Waals surface area (Å²) < 4.78 is 1.61. The molecule has 1 amide bonds. The average Bonchev–Trinajstić information content (AvgIpc) is 3.02. The van der Waals surface area contributed by atoms with Crippen molar-refractivity contribution in [3.8, 4) is 0 Å². The van der Waals surface area contributed by atoms with Crippen LogP contribution in [0.4, 0.5) is 5.69 Å². The number of hydrogen-bond acceptors (Lipinski definition) is 4. The average molecular weight is 378 g/mol. The van der Waals surface area contributed by atoms with Crippen LogP contribution in [0.2, 0.25) is 0 Å². The number of fused-ring (bicyclic) bond motifs is 2. The number of carbonyl (C=O) groups is 2. The molecule has 0 unspecified atom stereocenters. The normalized spacial score (nSPS) is 13.5. The fourth-order valence-electron chi connectivity index (χ4n) is 3.97. The minimum absolute atomic E-state index is 0.0304. The number of aryl methyl sites for hydroxylation is 1. The van der Waals surface area contributed by atoms with Crippen molar-refractivity contribution in [3.05, 3.63) is 58.9 Å². The van der Waals surface area contributed by atoms with E-state index in [9.17, 15) is 14.7 Å². The third kappa shape index (κ3) is 2.79. The Hall–Kier alpha value is -3.35. The highest BCUT2D eigenvalue weighted by Crippen LogP contribution is 2.30. The molecule has 0 spiro atoms. The Kier molecular flexibility index (Phi) is 4.30. The monoisotopic (exact) mass is 378 g/mol. The molecule has 2 heterocycles. The fraction of sp³-hybridized carbons (Fsp3) is 0.286. The van der Waals surface area contributed by atoms with Crippen LogP contribution in [0.15, 0.2) is 36.4 Å². The van der Waals surface area contributed by atoms with Crippen LogP contribution >= 0.6 is 0 Å². The van der Waals surface area contributed by atoms with E-state index in [2.05, 4.69) is 5.10 Å². The maximum Gasteiger partial charge on any atom is 0.356 e. The first-order valence-corrected chi connectivity index (χ1v) is 9.15. The number of rotatable bonds is 3. The first-order valence-electron chi connectivity index (χ1n) is 9.15. The predicted molar refractivity (Wildman–Crippen MR) is 107 cm³/mol. The van der Waals surface area contributed by atoms with Crippen molar-refractivity contribution in [3.63, 3.8) is 0 Å².